The lowest BCUT2D eigenvalue weighted by Gasteiger charge is -2.50. The number of carbonyl (C=O) groups is 1. The van der Waals surface area contributed by atoms with E-state index in [-0.39, 0.29) is 29.5 Å². The molecule has 0 spiro atoms. The Bertz CT molecular complexity index is 1140. The number of piperazine rings is 1. The van der Waals surface area contributed by atoms with E-state index in [1.54, 1.807) is 0 Å². The van der Waals surface area contributed by atoms with Crippen LogP contribution in [0.5, 0.6) is 0 Å². The summed E-state index contributed by atoms with van der Waals surface area (Å²) in [5, 5.41) is 21.1. The second-order valence-electron chi connectivity index (χ2n) is 16.0. The van der Waals surface area contributed by atoms with E-state index in [9.17, 15) is 10.1 Å². The second-order valence-corrected chi connectivity index (χ2v) is 16.6. The molecule has 2 saturated heterocycles. The van der Waals surface area contributed by atoms with E-state index >= 15 is 0 Å². The van der Waals surface area contributed by atoms with Gasteiger partial charge in [-0.15, -0.1) is 11.6 Å². The maximum atomic E-state index is 10.1. The zero-order valence-corrected chi connectivity index (χ0v) is 33.5. The molecule has 0 aromatic heterocycles. The maximum absolute atomic E-state index is 10.1. The first-order valence-corrected chi connectivity index (χ1v) is 20.8. The number of nitrogens with zero attached hydrogens (tertiary/aromatic N) is 3. The van der Waals surface area contributed by atoms with Crippen LogP contribution in [0.3, 0.4) is 0 Å². The van der Waals surface area contributed by atoms with Crippen molar-refractivity contribution in [2.45, 2.75) is 134 Å². The van der Waals surface area contributed by atoms with Crippen molar-refractivity contribution in [2.24, 2.45) is 23.7 Å². The van der Waals surface area contributed by atoms with Crippen LogP contribution in [-0.2, 0) is 14.3 Å². The summed E-state index contributed by atoms with van der Waals surface area (Å²) in [6.07, 6.45) is 16.3. The SMILES string of the molecule is CCOC1CC2NCC(C#N)C(NC3CCC(OCC(C)C4=CC=C(C)C(CC)CC4)C(Cl)C3)C2CC1NC.CN1CCN(CCCC=O)CC1. The lowest BCUT2D eigenvalue weighted by atomic mass is 9.69. The Balaban J connectivity index is 0.000000411. The molecule has 0 aromatic rings. The van der Waals surface area contributed by atoms with Crippen molar-refractivity contribution in [1.29, 1.82) is 5.26 Å². The van der Waals surface area contributed by atoms with Gasteiger partial charge in [-0.25, -0.2) is 0 Å². The zero-order valence-electron chi connectivity index (χ0n) is 32.8. The van der Waals surface area contributed by atoms with Crippen LogP contribution in [0.1, 0.15) is 91.9 Å². The minimum atomic E-state index is -0.0335. The van der Waals surface area contributed by atoms with E-state index in [0.717, 1.165) is 90.6 Å². The van der Waals surface area contributed by atoms with Gasteiger partial charge in [0.25, 0.3) is 0 Å². The number of nitrogens with one attached hydrogen (secondary N) is 3. The van der Waals surface area contributed by atoms with Gasteiger partial charge in [0.1, 0.15) is 6.29 Å². The summed E-state index contributed by atoms with van der Waals surface area (Å²) in [6, 6.07) is 3.80. The van der Waals surface area contributed by atoms with Gasteiger partial charge in [-0.2, -0.15) is 5.26 Å². The van der Waals surface area contributed by atoms with Crippen LogP contribution in [0, 0.1) is 35.0 Å². The Morgan fingerprint density at radius 2 is 1.88 bits per heavy atom. The van der Waals surface area contributed by atoms with Gasteiger partial charge in [-0.1, -0.05) is 37.1 Å². The molecule has 10 heteroatoms. The molecule has 3 N–H and O–H groups in total. The lowest BCUT2D eigenvalue weighted by molar-refractivity contribution is -0.108. The van der Waals surface area contributed by atoms with Crippen molar-refractivity contribution >= 4 is 17.9 Å². The largest absolute Gasteiger partial charge is 0.377 e. The molecule has 3 aliphatic carbocycles. The molecule has 4 fully saturated rings. The molecule has 11 unspecified atom stereocenters. The monoisotopic (exact) mass is 731 g/mol. The van der Waals surface area contributed by atoms with Gasteiger partial charge in [0.05, 0.1) is 36.2 Å². The number of alkyl halides is 1. The van der Waals surface area contributed by atoms with Gasteiger partial charge < -0.3 is 40.0 Å². The minimum absolute atomic E-state index is 0.00466. The Hall–Kier alpha value is -1.35. The fourth-order valence-corrected chi connectivity index (χ4v) is 9.52. The van der Waals surface area contributed by atoms with E-state index in [1.165, 1.54) is 37.1 Å². The highest BCUT2D eigenvalue weighted by atomic mass is 35.5. The first kappa shape index (κ1) is 42.4. The van der Waals surface area contributed by atoms with E-state index in [4.69, 9.17) is 21.1 Å². The average Bonchev–Trinajstić information content (AvgIpc) is 3.33. The average molecular weight is 732 g/mol. The topological polar surface area (TPSA) is 102 Å². The lowest BCUT2D eigenvalue weighted by Crippen LogP contribution is -2.65. The summed E-state index contributed by atoms with van der Waals surface area (Å²) in [6.45, 7) is 16.9. The van der Waals surface area contributed by atoms with Crippen molar-refractivity contribution in [3.05, 3.63) is 23.3 Å². The molecule has 0 amide bonds. The Kier molecular flexibility index (Phi) is 18.4. The normalized spacial score (nSPS) is 35.6. The number of carbonyl (C=O) groups excluding carboxylic acids is 1. The number of hydrogen-bond acceptors (Lipinski definition) is 9. The molecule has 5 aliphatic rings. The highest BCUT2D eigenvalue weighted by Crippen LogP contribution is 2.37. The quantitative estimate of drug-likeness (QED) is 0.121. The first-order valence-electron chi connectivity index (χ1n) is 20.4. The van der Waals surface area contributed by atoms with Crippen LogP contribution in [0.4, 0.5) is 0 Å². The van der Waals surface area contributed by atoms with Crippen LogP contribution in [0.25, 0.3) is 0 Å². The van der Waals surface area contributed by atoms with Crippen molar-refractivity contribution < 1.29 is 14.3 Å². The summed E-state index contributed by atoms with van der Waals surface area (Å²) in [7, 11) is 4.19. The Labute approximate surface area is 315 Å². The predicted octanol–water partition coefficient (Wildman–Crippen LogP) is 5.55. The van der Waals surface area contributed by atoms with Gasteiger partial charge >= 0.3 is 0 Å². The van der Waals surface area contributed by atoms with Gasteiger partial charge in [0.2, 0.25) is 0 Å². The molecule has 51 heavy (non-hydrogen) atoms. The summed E-state index contributed by atoms with van der Waals surface area (Å²) in [5.74, 6) is 1.49. The van der Waals surface area contributed by atoms with Crippen molar-refractivity contribution in [2.75, 3.05) is 66.6 Å². The molecule has 0 radical (unpaired) electrons. The van der Waals surface area contributed by atoms with Crippen LogP contribution in [0.2, 0.25) is 0 Å². The van der Waals surface area contributed by atoms with E-state index < -0.39 is 0 Å². The molecule has 11 atom stereocenters. The minimum Gasteiger partial charge on any atom is -0.377 e. The molecule has 9 nitrogen and oxygen atoms in total. The summed E-state index contributed by atoms with van der Waals surface area (Å²) >= 11 is 6.96. The third-order valence-electron chi connectivity index (χ3n) is 12.6. The second kappa shape index (κ2) is 22.1. The molecule has 2 heterocycles. The zero-order chi connectivity index (χ0) is 36.8. The third kappa shape index (κ3) is 12.6. The van der Waals surface area contributed by atoms with E-state index in [0.29, 0.717) is 42.3 Å². The van der Waals surface area contributed by atoms with Crippen LogP contribution >= 0.6 is 11.6 Å². The predicted molar refractivity (Wildman–Crippen MR) is 209 cm³/mol. The molecular weight excluding hydrogens is 660 g/mol. The van der Waals surface area contributed by atoms with Gasteiger partial charge in [-0.3, -0.25) is 0 Å². The standard InChI is InChI=1S/C32H53ClN4O2.C9H18N2O/c1-6-22-10-11-23(9-8-20(22)3)21(4)19-39-30-13-12-25(14-27(30)33)37-32-24(17-34)18-36-28-16-31(38-7-2)29(35-5)15-26(28)32;1-10-5-7-11(8-6-10)4-2-3-9-12/h8-9,21-22,24-32,35-37H,6-7,10-16,18-19H2,1-5H3;9H,2-8H2,1H3. The molecule has 0 aromatic carbocycles. The number of fused-ring (bicyclic) bond motifs is 1. The Morgan fingerprint density at radius 1 is 1.10 bits per heavy atom. The van der Waals surface area contributed by atoms with Crippen molar-refractivity contribution in [1.82, 2.24) is 25.8 Å². The summed E-state index contributed by atoms with van der Waals surface area (Å²) in [4.78, 5) is 14.8. The number of nitriles is 1. The number of aldehydes is 1. The Morgan fingerprint density at radius 3 is 2.55 bits per heavy atom. The van der Waals surface area contributed by atoms with Crippen LogP contribution in [0.15, 0.2) is 23.3 Å². The fourth-order valence-electron chi connectivity index (χ4n) is 9.11. The number of rotatable bonds is 14. The number of unbranched alkanes of at least 4 members (excludes halogenated alkanes) is 1. The molecule has 2 saturated carbocycles. The van der Waals surface area contributed by atoms with E-state index in [2.05, 4.69) is 78.7 Å². The third-order valence-corrected chi connectivity index (χ3v) is 13.1. The molecule has 290 valence electrons. The van der Waals surface area contributed by atoms with Gasteiger partial charge in [0.15, 0.2) is 0 Å². The molecule has 2 aliphatic heterocycles. The number of halogens is 1. The summed E-state index contributed by atoms with van der Waals surface area (Å²) < 4.78 is 12.5. The smallest absolute Gasteiger partial charge is 0.120 e. The molecule has 0 bridgehead atoms. The number of hydrogen-bond donors (Lipinski definition) is 3. The number of ether oxygens (including phenoxy) is 2. The van der Waals surface area contributed by atoms with Crippen molar-refractivity contribution in [3.63, 3.8) is 0 Å². The fraction of sp³-hybridized carbons (Fsp3) is 0.854. The number of likely N-dealkylation sites (N-methyl/N-ethyl adjacent to an activating group) is 2. The maximum Gasteiger partial charge on any atom is 0.120 e. The summed E-state index contributed by atoms with van der Waals surface area (Å²) in [5.41, 5.74) is 3.02. The van der Waals surface area contributed by atoms with Crippen LogP contribution in [-0.4, -0.2) is 124 Å². The van der Waals surface area contributed by atoms with E-state index in [1.807, 2.05) is 7.05 Å². The number of allylic oxidation sites excluding steroid dienone is 3. The molecular formula is C41H71ClN6O3. The van der Waals surface area contributed by atoms with Gasteiger partial charge in [-0.05, 0) is 104 Å². The van der Waals surface area contributed by atoms with Gasteiger partial charge in [0, 0.05) is 75.8 Å². The highest BCUT2D eigenvalue weighted by molar-refractivity contribution is 6.21. The molecule has 5 rings (SSSR count). The number of piperidine rings is 1. The van der Waals surface area contributed by atoms with Crippen molar-refractivity contribution in [3.8, 4) is 6.07 Å². The first-order chi connectivity index (χ1) is 24.7. The van der Waals surface area contributed by atoms with Crippen LogP contribution < -0.4 is 16.0 Å². The highest BCUT2D eigenvalue weighted by Gasteiger charge is 2.47.